The predicted molar refractivity (Wildman–Crippen MR) is 40.3 cm³/mol. The van der Waals surface area contributed by atoms with Crippen LogP contribution in [0.3, 0.4) is 0 Å². The van der Waals surface area contributed by atoms with E-state index in [9.17, 15) is 0 Å². The Morgan fingerprint density at radius 3 is 2.78 bits per heavy atom. The first-order valence-electron chi connectivity index (χ1n) is 2.66. The molecule has 1 aliphatic heterocycles. The molecule has 9 heavy (non-hydrogen) atoms. The lowest BCUT2D eigenvalue weighted by Crippen LogP contribution is -2.35. The lowest BCUT2D eigenvalue weighted by molar-refractivity contribution is 0.346. The molecule has 0 saturated carbocycles. The topological polar surface area (TPSA) is 32.3 Å². The number of allylic oxidation sites excluding steroid dienone is 2. The predicted octanol–water partition coefficient (Wildman–Crippen LogP) is 1.66. The molecular formula is C6H8BrNO. The van der Waals surface area contributed by atoms with Gasteiger partial charge in [0.25, 0.3) is 0 Å². The molecule has 0 saturated heterocycles. The van der Waals surface area contributed by atoms with Crippen LogP contribution in [0.1, 0.15) is 6.92 Å². The van der Waals surface area contributed by atoms with Gasteiger partial charge in [-0.25, -0.2) is 0 Å². The van der Waals surface area contributed by atoms with E-state index in [2.05, 4.69) is 21.2 Å². The molecule has 1 atom stereocenters. The van der Waals surface area contributed by atoms with Crippen molar-refractivity contribution in [3.05, 3.63) is 24.1 Å². The number of aliphatic hydroxyl groups excluding tert-OH is 1. The number of alkyl halides is 1. The first-order valence-corrected chi connectivity index (χ1v) is 3.45. The third kappa shape index (κ3) is 1.27. The Bertz CT molecular complexity index is 172. The maximum atomic E-state index is 9.14. The number of aliphatic hydroxyl groups is 1. The standard InChI is InChI=1S/C6H8BrNO/c1-6(7)5(9)3-2-4-8-6/h2-4,8-9H,1H3. The third-order valence-corrected chi connectivity index (χ3v) is 1.82. The smallest absolute Gasteiger partial charge is 0.147 e. The molecule has 0 aromatic carbocycles. The van der Waals surface area contributed by atoms with Gasteiger partial charge in [0.15, 0.2) is 0 Å². The summed E-state index contributed by atoms with van der Waals surface area (Å²) >= 11 is 3.28. The van der Waals surface area contributed by atoms with Gasteiger partial charge in [0, 0.05) is 0 Å². The van der Waals surface area contributed by atoms with Crippen molar-refractivity contribution in [2.24, 2.45) is 0 Å². The van der Waals surface area contributed by atoms with Crippen molar-refractivity contribution in [3.8, 4) is 0 Å². The van der Waals surface area contributed by atoms with Crippen LogP contribution >= 0.6 is 15.9 Å². The highest BCUT2D eigenvalue weighted by Gasteiger charge is 2.24. The molecule has 50 valence electrons. The second kappa shape index (κ2) is 2.06. The summed E-state index contributed by atoms with van der Waals surface area (Å²) in [4.78, 5) is 0. The average molecular weight is 190 g/mol. The van der Waals surface area contributed by atoms with Gasteiger partial charge in [-0.1, -0.05) is 15.9 Å². The summed E-state index contributed by atoms with van der Waals surface area (Å²) in [5.74, 6) is 0.296. The van der Waals surface area contributed by atoms with E-state index in [1.54, 1.807) is 18.4 Å². The molecule has 3 heteroatoms. The minimum absolute atomic E-state index is 0.296. The van der Waals surface area contributed by atoms with E-state index in [1.165, 1.54) is 0 Å². The number of dihydropyridines is 1. The van der Waals surface area contributed by atoms with Crippen LogP contribution in [-0.4, -0.2) is 9.55 Å². The van der Waals surface area contributed by atoms with Crippen molar-refractivity contribution in [3.63, 3.8) is 0 Å². The Labute approximate surface area is 62.4 Å². The zero-order valence-electron chi connectivity index (χ0n) is 5.06. The number of hydrogen-bond acceptors (Lipinski definition) is 2. The van der Waals surface area contributed by atoms with Crippen LogP contribution in [0.15, 0.2) is 24.1 Å². The molecule has 1 unspecified atom stereocenters. The summed E-state index contributed by atoms with van der Waals surface area (Å²) in [5.41, 5.74) is 0. The van der Waals surface area contributed by atoms with Gasteiger partial charge in [0.2, 0.25) is 0 Å². The number of rotatable bonds is 0. The van der Waals surface area contributed by atoms with Gasteiger partial charge in [-0.15, -0.1) is 0 Å². The highest BCUT2D eigenvalue weighted by molar-refractivity contribution is 9.10. The van der Waals surface area contributed by atoms with E-state index in [-0.39, 0.29) is 0 Å². The van der Waals surface area contributed by atoms with Gasteiger partial charge in [-0.2, -0.15) is 0 Å². The summed E-state index contributed by atoms with van der Waals surface area (Å²) in [6, 6.07) is 0. The zero-order valence-corrected chi connectivity index (χ0v) is 6.64. The highest BCUT2D eigenvalue weighted by atomic mass is 79.9. The van der Waals surface area contributed by atoms with Crippen molar-refractivity contribution in [2.75, 3.05) is 0 Å². The summed E-state index contributed by atoms with van der Waals surface area (Å²) in [6.45, 7) is 1.84. The van der Waals surface area contributed by atoms with Crippen LogP contribution in [0.4, 0.5) is 0 Å². The lowest BCUT2D eigenvalue weighted by atomic mass is 10.2. The normalized spacial score (nSPS) is 33.3. The second-order valence-corrected chi connectivity index (χ2v) is 3.64. The summed E-state index contributed by atoms with van der Waals surface area (Å²) < 4.78 is -0.470. The molecule has 0 fully saturated rings. The molecule has 1 heterocycles. The Morgan fingerprint density at radius 1 is 1.78 bits per heavy atom. The van der Waals surface area contributed by atoms with Gasteiger partial charge in [-0.05, 0) is 25.3 Å². The largest absolute Gasteiger partial charge is 0.509 e. The molecule has 2 nitrogen and oxygen atoms in total. The van der Waals surface area contributed by atoms with E-state index < -0.39 is 4.45 Å². The first kappa shape index (κ1) is 6.68. The summed E-state index contributed by atoms with van der Waals surface area (Å²) in [7, 11) is 0. The molecule has 0 aromatic rings. The van der Waals surface area contributed by atoms with Gasteiger partial charge in [0.05, 0.1) is 0 Å². The molecule has 2 N–H and O–H groups in total. The van der Waals surface area contributed by atoms with Gasteiger partial charge < -0.3 is 10.4 Å². The monoisotopic (exact) mass is 189 g/mol. The number of halogens is 1. The average Bonchev–Trinajstić information content (AvgIpc) is 1.77. The van der Waals surface area contributed by atoms with Crippen molar-refractivity contribution in [1.82, 2.24) is 5.32 Å². The lowest BCUT2D eigenvalue weighted by Gasteiger charge is -2.24. The van der Waals surface area contributed by atoms with E-state index >= 15 is 0 Å². The maximum absolute atomic E-state index is 9.14. The van der Waals surface area contributed by atoms with Gasteiger partial charge in [-0.3, -0.25) is 0 Å². The van der Waals surface area contributed by atoms with E-state index in [0.29, 0.717) is 5.76 Å². The van der Waals surface area contributed by atoms with Crippen LogP contribution in [0.5, 0.6) is 0 Å². The Hall–Kier alpha value is -0.440. The van der Waals surface area contributed by atoms with Crippen LogP contribution in [0.2, 0.25) is 0 Å². The minimum Gasteiger partial charge on any atom is -0.509 e. The van der Waals surface area contributed by atoms with Gasteiger partial charge in [0.1, 0.15) is 10.2 Å². The third-order valence-electron chi connectivity index (χ3n) is 1.19. The molecule has 0 amide bonds. The zero-order chi connectivity index (χ0) is 6.91. The van der Waals surface area contributed by atoms with E-state index in [0.717, 1.165) is 0 Å². The fraction of sp³-hybridized carbons (Fsp3) is 0.333. The molecule has 0 spiro atoms. The Morgan fingerprint density at radius 2 is 2.44 bits per heavy atom. The van der Waals surface area contributed by atoms with Gasteiger partial charge >= 0.3 is 0 Å². The molecule has 1 aliphatic rings. The fourth-order valence-electron chi connectivity index (χ4n) is 0.574. The fourth-order valence-corrected chi connectivity index (χ4v) is 0.839. The number of hydrogen-bond donors (Lipinski definition) is 2. The second-order valence-electron chi connectivity index (χ2n) is 2.06. The molecule has 1 rings (SSSR count). The van der Waals surface area contributed by atoms with Crippen LogP contribution in [0, 0.1) is 0 Å². The van der Waals surface area contributed by atoms with Crippen molar-refractivity contribution in [1.29, 1.82) is 0 Å². The van der Waals surface area contributed by atoms with Crippen molar-refractivity contribution < 1.29 is 5.11 Å². The van der Waals surface area contributed by atoms with Crippen LogP contribution in [0.25, 0.3) is 0 Å². The molecule has 0 radical (unpaired) electrons. The maximum Gasteiger partial charge on any atom is 0.147 e. The highest BCUT2D eigenvalue weighted by Crippen LogP contribution is 2.23. The van der Waals surface area contributed by atoms with E-state index in [1.807, 2.05) is 6.92 Å². The number of nitrogens with one attached hydrogen (secondary N) is 1. The molecular weight excluding hydrogens is 182 g/mol. The minimum atomic E-state index is -0.470. The Kier molecular flexibility index (Phi) is 1.53. The van der Waals surface area contributed by atoms with Crippen molar-refractivity contribution >= 4 is 15.9 Å². The molecule has 0 bridgehead atoms. The molecule has 0 aromatic heterocycles. The molecule has 0 aliphatic carbocycles. The van der Waals surface area contributed by atoms with Crippen LogP contribution < -0.4 is 5.32 Å². The SMILES string of the molecule is CC1(Br)NC=CC=C1O. The van der Waals surface area contributed by atoms with Crippen molar-refractivity contribution in [2.45, 2.75) is 11.4 Å². The Balaban J connectivity index is 2.83. The summed E-state index contributed by atoms with van der Waals surface area (Å²) in [6.07, 6.45) is 5.16. The summed E-state index contributed by atoms with van der Waals surface area (Å²) in [5, 5.41) is 12.1. The van der Waals surface area contributed by atoms with E-state index in [4.69, 9.17) is 5.11 Å². The first-order chi connectivity index (χ1) is 4.13. The quantitative estimate of drug-likeness (QED) is 0.449. The van der Waals surface area contributed by atoms with Crippen LogP contribution in [-0.2, 0) is 0 Å².